The first-order valence-electron chi connectivity index (χ1n) is 10.5. The van der Waals surface area contributed by atoms with Gasteiger partial charge in [0.05, 0.1) is 5.92 Å². The highest BCUT2D eigenvalue weighted by Gasteiger charge is 2.42. The molecule has 1 aliphatic heterocycles. The topological polar surface area (TPSA) is 81.5 Å². The second-order valence-corrected chi connectivity index (χ2v) is 15.9. The van der Waals surface area contributed by atoms with Crippen molar-refractivity contribution in [2.24, 2.45) is 11.3 Å². The van der Waals surface area contributed by atoms with Gasteiger partial charge in [0.25, 0.3) is 0 Å². The minimum absolute atomic E-state index is 0.137. The van der Waals surface area contributed by atoms with E-state index < -0.39 is 20.2 Å². The average molecular weight is 455 g/mol. The third-order valence-corrected chi connectivity index (χ3v) is 11.4. The Kier molecular flexibility index (Phi) is 7.42. The van der Waals surface area contributed by atoms with Gasteiger partial charge in [-0.25, -0.2) is 0 Å². The Morgan fingerprint density at radius 2 is 1.90 bits per heavy atom. The van der Waals surface area contributed by atoms with E-state index in [-0.39, 0.29) is 27.8 Å². The molecule has 2 atom stereocenters. The second kappa shape index (κ2) is 8.97. The fourth-order valence-electron chi connectivity index (χ4n) is 3.82. The molecule has 0 aromatic heterocycles. The van der Waals surface area contributed by atoms with Crippen LogP contribution < -0.4 is 5.32 Å². The number of carbonyl (C=O) groups excluding carboxylic acids is 1. The van der Waals surface area contributed by atoms with Crippen molar-refractivity contribution >= 4 is 31.5 Å². The van der Waals surface area contributed by atoms with Crippen molar-refractivity contribution in [2.45, 2.75) is 71.5 Å². The van der Waals surface area contributed by atoms with Crippen LogP contribution in [-0.2, 0) is 9.22 Å². The highest BCUT2D eigenvalue weighted by molar-refractivity contribution is 6.74. The SMILES string of the molecule is CC(C)(CCO[Si](C)(C)C(C)(C)C)CC(C[N+](=O)[O-])C1C(=O)Nc2cc(Cl)ccc21. The van der Waals surface area contributed by atoms with E-state index in [1.807, 2.05) is 0 Å². The molecule has 0 fully saturated rings. The maximum atomic E-state index is 12.7. The number of hydrogen-bond acceptors (Lipinski definition) is 4. The number of anilines is 1. The van der Waals surface area contributed by atoms with Crippen LogP contribution in [0.4, 0.5) is 5.69 Å². The summed E-state index contributed by atoms with van der Waals surface area (Å²) in [4.78, 5) is 23.8. The molecule has 0 saturated heterocycles. The van der Waals surface area contributed by atoms with Crippen LogP contribution in [0.2, 0.25) is 23.2 Å². The molecule has 0 bridgehead atoms. The Labute approximate surface area is 186 Å². The normalized spacial score (nSPS) is 18.1. The molecule has 8 heteroatoms. The summed E-state index contributed by atoms with van der Waals surface area (Å²) < 4.78 is 6.32. The Bertz CT molecular complexity index is 805. The van der Waals surface area contributed by atoms with E-state index in [4.69, 9.17) is 16.0 Å². The van der Waals surface area contributed by atoms with Gasteiger partial charge in [0, 0.05) is 28.2 Å². The molecule has 0 spiro atoms. The third-order valence-electron chi connectivity index (χ3n) is 6.61. The predicted molar refractivity (Wildman–Crippen MR) is 124 cm³/mol. The number of fused-ring (bicyclic) bond motifs is 1. The lowest BCUT2D eigenvalue weighted by Gasteiger charge is -2.37. The standard InChI is InChI=1S/C22H35ClN2O4Si/c1-21(2,3)30(6,7)29-11-10-22(4,5)13-15(14-25(27)28)19-17-9-8-16(23)12-18(17)24-20(19)26/h8-9,12,15,19H,10-11,13-14H2,1-7H3,(H,24,26). The first-order chi connectivity index (χ1) is 13.6. The first kappa shape index (κ1) is 24.8. The molecule has 1 N–H and O–H groups in total. The van der Waals surface area contributed by atoms with Gasteiger partial charge in [-0.3, -0.25) is 14.9 Å². The summed E-state index contributed by atoms with van der Waals surface area (Å²) >= 11 is 6.04. The van der Waals surface area contributed by atoms with Gasteiger partial charge in [0.2, 0.25) is 12.5 Å². The summed E-state index contributed by atoms with van der Waals surface area (Å²) in [5.41, 5.74) is 1.26. The number of halogens is 1. The largest absolute Gasteiger partial charge is 0.417 e. The average Bonchev–Trinajstić information content (AvgIpc) is 2.86. The minimum Gasteiger partial charge on any atom is -0.417 e. The summed E-state index contributed by atoms with van der Waals surface area (Å²) in [5, 5.41) is 14.9. The molecule has 1 aromatic rings. The molecule has 1 aromatic carbocycles. The van der Waals surface area contributed by atoms with E-state index in [2.05, 4.69) is 53.0 Å². The van der Waals surface area contributed by atoms with Crippen LogP contribution in [0.5, 0.6) is 0 Å². The van der Waals surface area contributed by atoms with Crippen LogP contribution in [0.1, 0.15) is 58.9 Å². The van der Waals surface area contributed by atoms with Crippen molar-refractivity contribution < 1.29 is 14.1 Å². The lowest BCUT2D eigenvalue weighted by Crippen LogP contribution is -2.41. The van der Waals surface area contributed by atoms with Crippen molar-refractivity contribution in [3.63, 3.8) is 0 Å². The molecule has 30 heavy (non-hydrogen) atoms. The number of nitrogens with one attached hydrogen (secondary N) is 1. The monoisotopic (exact) mass is 454 g/mol. The number of benzene rings is 1. The van der Waals surface area contributed by atoms with Gasteiger partial charge in [0.1, 0.15) is 0 Å². The maximum absolute atomic E-state index is 12.7. The molecule has 6 nitrogen and oxygen atoms in total. The molecule has 1 aliphatic rings. The van der Waals surface area contributed by atoms with Gasteiger partial charge in [-0.15, -0.1) is 0 Å². The number of hydrogen-bond donors (Lipinski definition) is 1. The van der Waals surface area contributed by atoms with E-state index in [9.17, 15) is 14.9 Å². The Balaban J connectivity index is 2.15. The van der Waals surface area contributed by atoms with Crippen molar-refractivity contribution in [2.75, 3.05) is 18.5 Å². The molecule has 2 rings (SSSR count). The Hall–Kier alpha value is -1.44. The lowest BCUT2D eigenvalue weighted by molar-refractivity contribution is -0.489. The van der Waals surface area contributed by atoms with E-state index in [0.717, 1.165) is 12.0 Å². The minimum atomic E-state index is -1.85. The summed E-state index contributed by atoms with van der Waals surface area (Å²) in [6.45, 7) is 15.7. The Morgan fingerprint density at radius 3 is 2.47 bits per heavy atom. The van der Waals surface area contributed by atoms with Gasteiger partial charge in [0.15, 0.2) is 8.32 Å². The fourth-order valence-corrected chi connectivity index (χ4v) is 5.04. The van der Waals surface area contributed by atoms with Crippen LogP contribution in [-0.4, -0.2) is 32.3 Å². The third kappa shape index (κ3) is 6.05. The van der Waals surface area contributed by atoms with Crippen molar-refractivity contribution in [1.82, 2.24) is 0 Å². The van der Waals surface area contributed by atoms with E-state index in [1.165, 1.54) is 0 Å². The molecule has 1 heterocycles. The predicted octanol–water partition coefficient (Wildman–Crippen LogP) is 6.10. The molecule has 0 saturated carbocycles. The molecular formula is C22H35ClN2O4Si. The second-order valence-electron chi connectivity index (χ2n) is 10.7. The lowest BCUT2D eigenvalue weighted by atomic mass is 9.74. The molecule has 1 amide bonds. The first-order valence-corrected chi connectivity index (χ1v) is 13.8. The quantitative estimate of drug-likeness (QED) is 0.277. The Morgan fingerprint density at radius 1 is 1.27 bits per heavy atom. The molecule has 0 aliphatic carbocycles. The zero-order valence-electron chi connectivity index (χ0n) is 19.2. The van der Waals surface area contributed by atoms with Gasteiger partial charge in [-0.2, -0.15) is 0 Å². The van der Waals surface area contributed by atoms with Crippen molar-refractivity contribution in [3.8, 4) is 0 Å². The van der Waals surface area contributed by atoms with Gasteiger partial charge in [-0.05, 0) is 54.1 Å². The number of amides is 1. The summed E-state index contributed by atoms with van der Waals surface area (Å²) in [6.07, 6.45) is 1.35. The summed E-state index contributed by atoms with van der Waals surface area (Å²) in [6, 6.07) is 5.24. The highest BCUT2D eigenvalue weighted by atomic mass is 35.5. The van der Waals surface area contributed by atoms with Crippen LogP contribution in [0, 0.1) is 21.4 Å². The molecule has 0 radical (unpaired) electrons. The van der Waals surface area contributed by atoms with Crippen LogP contribution in [0.25, 0.3) is 0 Å². The number of carbonyl (C=O) groups is 1. The van der Waals surface area contributed by atoms with Crippen molar-refractivity contribution in [3.05, 3.63) is 38.9 Å². The zero-order chi connectivity index (χ0) is 22.9. The van der Waals surface area contributed by atoms with E-state index in [1.54, 1.807) is 18.2 Å². The van der Waals surface area contributed by atoms with Crippen LogP contribution >= 0.6 is 11.6 Å². The number of rotatable bonds is 9. The summed E-state index contributed by atoms with van der Waals surface area (Å²) in [7, 11) is -1.85. The van der Waals surface area contributed by atoms with Crippen LogP contribution in [0.3, 0.4) is 0 Å². The molecule has 168 valence electrons. The fraction of sp³-hybridized carbons (Fsp3) is 0.682. The molecular weight excluding hydrogens is 420 g/mol. The van der Waals surface area contributed by atoms with Crippen molar-refractivity contribution in [1.29, 1.82) is 0 Å². The van der Waals surface area contributed by atoms with E-state index in [0.29, 0.717) is 23.7 Å². The maximum Gasteiger partial charge on any atom is 0.232 e. The highest BCUT2D eigenvalue weighted by Crippen LogP contribution is 2.44. The molecule has 2 unspecified atom stereocenters. The van der Waals surface area contributed by atoms with Gasteiger partial charge < -0.3 is 9.74 Å². The zero-order valence-corrected chi connectivity index (χ0v) is 20.9. The van der Waals surface area contributed by atoms with Gasteiger partial charge in [-0.1, -0.05) is 52.3 Å². The summed E-state index contributed by atoms with van der Waals surface area (Å²) in [5.74, 6) is -1.12. The van der Waals surface area contributed by atoms with E-state index >= 15 is 0 Å². The number of nitro groups is 1. The van der Waals surface area contributed by atoms with Crippen LogP contribution in [0.15, 0.2) is 18.2 Å². The van der Waals surface area contributed by atoms with Gasteiger partial charge >= 0.3 is 0 Å². The number of nitrogens with zero attached hydrogens (tertiary/aromatic N) is 1. The smallest absolute Gasteiger partial charge is 0.232 e.